The lowest BCUT2D eigenvalue weighted by molar-refractivity contribution is -0.313. The summed E-state index contributed by atoms with van der Waals surface area (Å²) in [6.07, 6.45) is 15.0. The molecule has 228 valence electrons. The molecule has 1 rings (SSSR count). The van der Waals surface area contributed by atoms with Crippen LogP contribution in [0, 0.1) is 0 Å². The van der Waals surface area contributed by atoms with Gasteiger partial charge in [-0.05, 0) is 25.7 Å². The number of aliphatic hydroxyl groups is 3. The van der Waals surface area contributed by atoms with E-state index in [9.17, 15) is 29.7 Å². The van der Waals surface area contributed by atoms with Gasteiger partial charge in [0.15, 0.2) is 5.72 Å². The number of amides is 3. The first-order chi connectivity index (χ1) is 18.6. The van der Waals surface area contributed by atoms with E-state index in [-0.39, 0.29) is 37.5 Å². The highest BCUT2D eigenvalue weighted by molar-refractivity contribution is 5.78. The molecule has 3 unspecified atom stereocenters. The first-order valence-corrected chi connectivity index (χ1v) is 15.7. The summed E-state index contributed by atoms with van der Waals surface area (Å²) < 4.78 is 0. The number of carbonyl (C=O) groups excluding carboxylic acids is 3. The Morgan fingerprint density at radius 2 is 1.03 bits per heavy atom. The number of carbonyl (C=O) groups is 3. The molecule has 0 spiro atoms. The van der Waals surface area contributed by atoms with E-state index < -0.39 is 29.5 Å². The van der Waals surface area contributed by atoms with Gasteiger partial charge in [-0.1, -0.05) is 97.8 Å². The minimum Gasteiger partial charge on any atom is -0.366 e. The van der Waals surface area contributed by atoms with Gasteiger partial charge in [-0.15, -0.1) is 0 Å². The molecular weight excluding hydrogens is 498 g/mol. The molecule has 9 nitrogen and oxygen atoms in total. The Kier molecular flexibility index (Phi) is 17.6. The normalized spacial score (nSPS) is 22.3. The second-order valence-corrected chi connectivity index (χ2v) is 11.5. The number of hydrogen-bond acceptors (Lipinski definition) is 6. The van der Waals surface area contributed by atoms with E-state index in [1.54, 1.807) is 0 Å². The summed E-state index contributed by atoms with van der Waals surface area (Å²) in [6.45, 7) is 6.36. The highest BCUT2D eigenvalue weighted by atomic mass is 16.5. The number of hydrogen-bond donors (Lipinski definition) is 6. The molecule has 0 saturated heterocycles. The average Bonchev–Trinajstić information content (AvgIpc) is 2.87. The molecule has 1 aliphatic rings. The van der Waals surface area contributed by atoms with Gasteiger partial charge in [0.05, 0.1) is 6.04 Å². The second kappa shape index (κ2) is 19.4. The molecule has 0 aromatic rings. The molecule has 0 aromatic carbocycles. The molecule has 0 aliphatic heterocycles. The Labute approximate surface area is 236 Å². The van der Waals surface area contributed by atoms with Gasteiger partial charge in [-0.2, -0.15) is 0 Å². The SMILES string of the molecule is CCCCCCCC(=O)NC1CC(NC(=O)CCCCCCC)C(O)(O)C(O)(NC(=O)CCCCCCC)C1. The lowest BCUT2D eigenvalue weighted by Crippen LogP contribution is -2.77. The molecule has 3 amide bonds. The van der Waals surface area contributed by atoms with Crippen LogP contribution in [0.5, 0.6) is 0 Å². The maximum atomic E-state index is 12.7. The number of nitrogens with one attached hydrogen (secondary N) is 3. The van der Waals surface area contributed by atoms with Gasteiger partial charge in [0, 0.05) is 31.7 Å². The Morgan fingerprint density at radius 1 is 0.615 bits per heavy atom. The van der Waals surface area contributed by atoms with E-state index >= 15 is 0 Å². The Balaban J connectivity index is 2.86. The standard InChI is InChI=1S/C30H57N3O6/c1-4-7-10-13-16-19-26(34)31-24-22-25(32-27(35)20-17-14-11-8-5-2)30(38,39)29(37,23-24)33-28(36)21-18-15-12-9-6-3/h24-25,37-39H,4-23H2,1-3H3,(H,31,34)(H,32,35)(H,33,36). The zero-order valence-corrected chi connectivity index (χ0v) is 24.9. The smallest absolute Gasteiger partial charge is 0.233 e. The van der Waals surface area contributed by atoms with Gasteiger partial charge in [-0.25, -0.2) is 0 Å². The topological polar surface area (TPSA) is 148 Å². The van der Waals surface area contributed by atoms with Crippen molar-refractivity contribution in [3.8, 4) is 0 Å². The van der Waals surface area contributed by atoms with Gasteiger partial charge < -0.3 is 31.3 Å². The third kappa shape index (κ3) is 13.5. The van der Waals surface area contributed by atoms with Crippen molar-refractivity contribution in [3.63, 3.8) is 0 Å². The molecule has 6 N–H and O–H groups in total. The van der Waals surface area contributed by atoms with Crippen LogP contribution in [0.1, 0.15) is 149 Å². The Bertz CT molecular complexity index is 717. The van der Waals surface area contributed by atoms with Gasteiger partial charge in [0.1, 0.15) is 0 Å². The third-order valence-corrected chi connectivity index (χ3v) is 7.73. The zero-order valence-electron chi connectivity index (χ0n) is 24.9. The quantitative estimate of drug-likeness (QED) is 0.0918. The van der Waals surface area contributed by atoms with Crippen LogP contribution < -0.4 is 16.0 Å². The molecule has 0 heterocycles. The fourth-order valence-corrected chi connectivity index (χ4v) is 5.27. The van der Waals surface area contributed by atoms with Crippen molar-refractivity contribution in [2.24, 2.45) is 0 Å². The molecular formula is C30H57N3O6. The first-order valence-electron chi connectivity index (χ1n) is 15.7. The lowest BCUT2D eigenvalue weighted by Gasteiger charge is -2.50. The predicted molar refractivity (Wildman–Crippen MR) is 153 cm³/mol. The number of rotatable bonds is 21. The molecule has 0 radical (unpaired) electrons. The summed E-state index contributed by atoms with van der Waals surface area (Å²) in [6, 6.07) is -1.91. The van der Waals surface area contributed by atoms with Crippen LogP contribution in [0.15, 0.2) is 0 Å². The summed E-state index contributed by atoms with van der Waals surface area (Å²) in [4.78, 5) is 38.0. The number of unbranched alkanes of at least 4 members (excludes halogenated alkanes) is 12. The van der Waals surface area contributed by atoms with E-state index in [1.165, 1.54) is 0 Å². The van der Waals surface area contributed by atoms with Crippen LogP contribution in [-0.4, -0.2) is 56.6 Å². The summed E-state index contributed by atoms with van der Waals surface area (Å²) in [5, 5.41) is 41.5. The molecule has 1 fully saturated rings. The van der Waals surface area contributed by atoms with Crippen LogP contribution in [0.4, 0.5) is 0 Å². The molecule has 1 saturated carbocycles. The molecule has 9 heteroatoms. The van der Waals surface area contributed by atoms with E-state index in [1.807, 2.05) is 0 Å². The first kappa shape index (κ1) is 35.3. The van der Waals surface area contributed by atoms with Gasteiger partial charge in [0.2, 0.25) is 23.5 Å². The van der Waals surface area contributed by atoms with Crippen LogP contribution in [-0.2, 0) is 14.4 Å². The van der Waals surface area contributed by atoms with E-state index in [2.05, 4.69) is 36.7 Å². The Morgan fingerprint density at radius 3 is 1.49 bits per heavy atom. The third-order valence-electron chi connectivity index (χ3n) is 7.73. The van der Waals surface area contributed by atoms with Crippen molar-refractivity contribution >= 4 is 17.7 Å². The van der Waals surface area contributed by atoms with E-state index in [4.69, 9.17) is 0 Å². The minimum absolute atomic E-state index is 0.0331. The maximum absolute atomic E-state index is 12.7. The van der Waals surface area contributed by atoms with Crippen molar-refractivity contribution in [3.05, 3.63) is 0 Å². The average molecular weight is 556 g/mol. The van der Waals surface area contributed by atoms with E-state index in [0.717, 1.165) is 83.5 Å². The summed E-state index contributed by atoms with van der Waals surface area (Å²) >= 11 is 0. The maximum Gasteiger partial charge on any atom is 0.233 e. The van der Waals surface area contributed by atoms with Crippen LogP contribution in [0.2, 0.25) is 0 Å². The molecule has 0 bridgehead atoms. The van der Waals surface area contributed by atoms with Crippen molar-refractivity contribution in [2.45, 2.75) is 173 Å². The molecule has 39 heavy (non-hydrogen) atoms. The lowest BCUT2D eigenvalue weighted by atomic mass is 9.78. The second-order valence-electron chi connectivity index (χ2n) is 11.5. The highest BCUT2D eigenvalue weighted by Crippen LogP contribution is 2.35. The van der Waals surface area contributed by atoms with Crippen molar-refractivity contribution in [1.29, 1.82) is 0 Å². The predicted octanol–water partition coefficient (Wildman–Crippen LogP) is 4.32. The summed E-state index contributed by atoms with van der Waals surface area (Å²) in [5.41, 5.74) is -2.43. The van der Waals surface area contributed by atoms with Crippen LogP contribution in [0.3, 0.4) is 0 Å². The molecule has 3 atom stereocenters. The summed E-state index contributed by atoms with van der Waals surface area (Å²) in [5.74, 6) is -3.84. The Hall–Kier alpha value is -1.71. The van der Waals surface area contributed by atoms with Gasteiger partial charge >= 0.3 is 0 Å². The largest absolute Gasteiger partial charge is 0.366 e. The van der Waals surface area contributed by atoms with E-state index in [0.29, 0.717) is 19.3 Å². The molecule has 0 aromatic heterocycles. The monoisotopic (exact) mass is 555 g/mol. The molecule has 1 aliphatic carbocycles. The van der Waals surface area contributed by atoms with Crippen molar-refractivity contribution in [2.75, 3.05) is 0 Å². The van der Waals surface area contributed by atoms with Crippen LogP contribution >= 0.6 is 0 Å². The summed E-state index contributed by atoms with van der Waals surface area (Å²) in [7, 11) is 0. The van der Waals surface area contributed by atoms with Crippen molar-refractivity contribution in [1.82, 2.24) is 16.0 Å². The van der Waals surface area contributed by atoms with Gasteiger partial charge in [-0.3, -0.25) is 14.4 Å². The fraction of sp³-hybridized carbons (Fsp3) is 0.900. The van der Waals surface area contributed by atoms with Crippen LogP contribution in [0.25, 0.3) is 0 Å². The zero-order chi connectivity index (χ0) is 29.2. The van der Waals surface area contributed by atoms with Gasteiger partial charge in [0.25, 0.3) is 0 Å². The van der Waals surface area contributed by atoms with Crippen molar-refractivity contribution < 1.29 is 29.7 Å². The minimum atomic E-state index is -2.80. The highest BCUT2D eigenvalue weighted by Gasteiger charge is 2.59. The fourth-order valence-electron chi connectivity index (χ4n) is 5.27.